The molecule has 4 heterocycles. The zero-order valence-corrected chi connectivity index (χ0v) is 39.0. The Kier molecular flexibility index (Phi) is 17.3. The summed E-state index contributed by atoms with van der Waals surface area (Å²) in [6, 6.07) is 9.39. The maximum absolute atomic E-state index is 2.87. The van der Waals surface area contributed by atoms with E-state index in [1.165, 1.54) is 97.9 Å². The summed E-state index contributed by atoms with van der Waals surface area (Å²) in [7, 11) is 0. The van der Waals surface area contributed by atoms with Crippen LogP contribution in [0.1, 0.15) is 119 Å². The zero-order chi connectivity index (χ0) is 32.8. The monoisotopic (exact) mass is 910 g/mol. The molecule has 4 aromatic heterocycles. The van der Waals surface area contributed by atoms with E-state index in [1.807, 2.05) is 22.7 Å². The zero-order valence-electron chi connectivity index (χ0n) is 30.0. The van der Waals surface area contributed by atoms with Crippen molar-refractivity contribution < 1.29 is 0 Å². The van der Waals surface area contributed by atoms with E-state index in [0.29, 0.717) is 0 Å². The van der Waals surface area contributed by atoms with E-state index in [4.69, 9.17) is 0 Å². The number of thiophene rings is 4. The molecule has 0 amide bonds. The summed E-state index contributed by atoms with van der Waals surface area (Å²) in [6.07, 6.45) is 16.9. The fourth-order valence-electron chi connectivity index (χ4n) is 7.87. The van der Waals surface area contributed by atoms with Gasteiger partial charge in [-0.1, -0.05) is 0 Å². The van der Waals surface area contributed by atoms with Gasteiger partial charge in [-0.15, -0.1) is 0 Å². The van der Waals surface area contributed by atoms with Crippen LogP contribution in [-0.4, -0.2) is 36.8 Å². The van der Waals surface area contributed by atoms with Gasteiger partial charge in [0.1, 0.15) is 0 Å². The van der Waals surface area contributed by atoms with Crippen LogP contribution in [0.25, 0.3) is 30.6 Å². The molecule has 4 aromatic rings. The summed E-state index contributed by atoms with van der Waals surface area (Å²) >= 11 is 2.63. The Balaban J connectivity index is 2.04. The summed E-state index contributed by atoms with van der Waals surface area (Å²) in [4.78, 5) is 6.31. The van der Waals surface area contributed by atoms with Gasteiger partial charge in [-0.05, 0) is 0 Å². The fourth-order valence-corrected chi connectivity index (χ4v) is 59.3. The standard InChI is InChI=1S/C16H8S4.6C4H9.2Sn/c1-3-13(17-7-1)11-5-9-19-15(11)12-6-10-20-16(12)14-4-2-8-18-14;6*1-3-4-2;;/h1,3,5-10H;6*1,3-4H2,2H3;;. The van der Waals surface area contributed by atoms with Gasteiger partial charge in [0.25, 0.3) is 0 Å². The Hall–Kier alpha value is 0.397. The Morgan fingerprint density at radius 1 is 0.457 bits per heavy atom. The molecule has 0 radical (unpaired) electrons. The van der Waals surface area contributed by atoms with Crippen molar-refractivity contribution in [2.75, 3.05) is 0 Å². The van der Waals surface area contributed by atoms with Gasteiger partial charge in [0.15, 0.2) is 0 Å². The number of hydrogen-bond acceptors (Lipinski definition) is 4. The first kappa shape index (κ1) is 39.2. The Bertz CT molecular complexity index is 1350. The van der Waals surface area contributed by atoms with Crippen LogP contribution in [-0.2, 0) is 0 Å². The van der Waals surface area contributed by atoms with Crippen molar-refractivity contribution >= 4 is 89.3 Å². The van der Waals surface area contributed by atoms with Crippen LogP contribution in [0.2, 0.25) is 26.6 Å². The van der Waals surface area contributed by atoms with Crippen molar-refractivity contribution in [1.29, 1.82) is 0 Å². The van der Waals surface area contributed by atoms with Crippen molar-refractivity contribution in [2.24, 2.45) is 0 Å². The van der Waals surface area contributed by atoms with E-state index < -0.39 is 36.8 Å². The van der Waals surface area contributed by atoms with E-state index in [1.54, 1.807) is 36.4 Å². The van der Waals surface area contributed by atoms with Crippen molar-refractivity contribution in [1.82, 2.24) is 0 Å². The third-order valence-corrected chi connectivity index (χ3v) is 48.9. The first-order chi connectivity index (χ1) is 22.5. The van der Waals surface area contributed by atoms with Gasteiger partial charge in [-0.25, -0.2) is 0 Å². The molecule has 0 saturated carbocycles. The van der Waals surface area contributed by atoms with E-state index in [2.05, 4.69) is 117 Å². The van der Waals surface area contributed by atoms with E-state index >= 15 is 0 Å². The third kappa shape index (κ3) is 9.38. The molecular formula is C40H62S4Sn2. The second kappa shape index (κ2) is 20.3. The van der Waals surface area contributed by atoms with E-state index in [9.17, 15) is 0 Å². The average Bonchev–Trinajstić information content (AvgIpc) is 3.90. The summed E-state index contributed by atoms with van der Waals surface area (Å²) in [5.41, 5.74) is 2.97. The SMILES string of the molecule is CCC[CH2][Sn]([CH2]CCC)([CH2]CCC)[c]1csc(-c2sccc2-c2sccc2-c2cccs2)[c]1[Sn]([CH2]CCC)([CH2]CCC)[CH2]CCC. The molecule has 0 aliphatic carbocycles. The van der Waals surface area contributed by atoms with Crippen molar-refractivity contribution in [3.63, 3.8) is 0 Å². The summed E-state index contributed by atoms with van der Waals surface area (Å²) in [5, 5.41) is 9.87. The molecular weight excluding hydrogens is 846 g/mol. The molecule has 0 fully saturated rings. The van der Waals surface area contributed by atoms with Crippen LogP contribution < -0.4 is 7.16 Å². The Morgan fingerprint density at radius 2 is 0.935 bits per heavy atom. The van der Waals surface area contributed by atoms with Gasteiger partial charge >= 0.3 is 311 Å². The molecule has 46 heavy (non-hydrogen) atoms. The van der Waals surface area contributed by atoms with E-state index in [-0.39, 0.29) is 0 Å². The average molecular weight is 909 g/mol. The molecule has 254 valence electrons. The molecule has 0 spiro atoms. The van der Waals surface area contributed by atoms with E-state index in [0.717, 1.165) is 0 Å². The molecule has 0 atom stereocenters. The molecule has 0 aromatic carbocycles. The molecule has 0 N–H and O–H groups in total. The Morgan fingerprint density at radius 3 is 1.41 bits per heavy atom. The van der Waals surface area contributed by atoms with Crippen LogP contribution in [0, 0.1) is 0 Å². The second-order valence-electron chi connectivity index (χ2n) is 13.8. The first-order valence-corrected chi connectivity index (χ1v) is 37.3. The van der Waals surface area contributed by atoms with Gasteiger partial charge < -0.3 is 0 Å². The fraction of sp³-hybridized carbons (Fsp3) is 0.600. The summed E-state index contributed by atoms with van der Waals surface area (Å²) in [6.45, 7) is 14.7. The predicted molar refractivity (Wildman–Crippen MR) is 223 cm³/mol. The number of hydrogen-bond donors (Lipinski definition) is 0. The minimum absolute atomic E-state index is 1.35. The molecule has 6 heteroatoms. The molecule has 0 unspecified atom stereocenters. The van der Waals surface area contributed by atoms with Crippen LogP contribution in [0.3, 0.4) is 0 Å². The predicted octanol–water partition coefficient (Wildman–Crippen LogP) is 15.0. The van der Waals surface area contributed by atoms with Gasteiger partial charge in [-0.2, -0.15) is 0 Å². The quantitative estimate of drug-likeness (QED) is 0.0651. The normalized spacial score (nSPS) is 12.4. The van der Waals surface area contributed by atoms with Gasteiger partial charge in [-0.3, -0.25) is 0 Å². The second-order valence-corrected chi connectivity index (χ2v) is 43.6. The topological polar surface area (TPSA) is 0 Å². The number of rotatable bonds is 23. The first-order valence-electron chi connectivity index (χ1n) is 18.9. The van der Waals surface area contributed by atoms with Gasteiger partial charge in [0.2, 0.25) is 0 Å². The number of unbranched alkanes of at least 4 members (excludes halogenated alkanes) is 6. The van der Waals surface area contributed by atoms with Crippen molar-refractivity contribution in [2.45, 2.75) is 145 Å². The van der Waals surface area contributed by atoms with Gasteiger partial charge in [0.05, 0.1) is 0 Å². The Labute approximate surface area is 307 Å². The maximum atomic E-state index is 2.87. The van der Waals surface area contributed by atoms with Gasteiger partial charge in [0, 0.05) is 0 Å². The molecule has 0 saturated heterocycles. The molecule has 0 bridgehead atoms. The molecule has 0 aliphatic heterocycles. The van der Waals surface area contributed by atoms with Crippen molar-refractivity contribution in [3.05, 3.63) is 45.8 Å². The molecule has 0 nitrogen and oxygen atoms in total. The third-order valence-electron chi connectivity index (χ3n) is 10.5. The molecule has 0 aliphatic rings. The summed E-state index contributed by atoms with van der Waals surface area (Å²) in [5.74, 6) is 0. The van der Waals surface area contributed by atoms with Crippen LogP contribution in [0.5, 0.6) is 0 Å². The van der Waals surface area contributed by atoms with Crippen molar-refractivity contribution in [3.8, 4) is 30.6 Å². The summed E-state index contributed by atoms with van der Waals surface area (Å²) < 4.78 is 13.7. The minimum atomic E-state index is -2.81. The van der Waals surface area contributed by atoms with Crippen LogP contribution in [0.15, 0.2) is 45.8 Å². The molecule has 4 rings (SSSR count). The van der Waals surface area contributed by atoms with Crippen LogP contribution >= 0.6 is 45.3 Å². The van der Waals surface area contributed by atoms with Crippen LogP contribution in [0.4, 0.5) is 0 Å².